The van der Waals surface area contributed by atoms with Crippen LogP contribution in [0.2, 0.25) is 0 Å². The summed E-state index contributed by atoms with van der Waals surface area (Å²) in [6, 6.07) is 6.86. The number of nitrogens with one attached hydrogen (secondary N) is 1. The molecule has 21 heavy (non-hydrogen) atoms. The summed E-state index contributed by atoms with van der Waals surface area (Å²) in [5.41, 5.74) is -0.173. The lowest BCUT2D eigenvalue weighted by Gasteiger charge is -2.19. The van der Waals surface area contributed by atoms with E-state index in [-0.39, 0.29) is 12.2 Å². The standard InChI is InChI=1S/C15H14N2O3S/c1-8-13(21-9(2)16-8)12(18)7-15(20)10-5-3-4-6-11(10)17-14(15)19/h3-6,20H,7H2,1-2H3,(H,17,19)/t15-/m0/s1. The number of aryl methyl sites for hydroxylation is 2. The monoisotopic (exact) mass is 302 g/mol. The Morgan fingerprint density at radius 1 is 1.38 bits per heavy atom. The van der Waals surface area contributed by atoms with E-state index in [0.29, 0.717) is 21.8 Å². The van der Waals surface area contributed by atoms with Crippen LogP contribution in [0.5, 0.6) is 0 Å². The van der Waals surface area contributed by atoms with Gasteiger partial charge in [-0.3, -0.25) is 9.59 Å². The molecule has 0 unspecified atom stereocenters. The van der Waals surface area contributed by atoms with Gasteiger partial charge in [-0.15, -0.1) is 11.3 Å². The fourth-order valence-corrected chi connectivity index (χ4v) is 3.44. The van der Waals surface area contributed by atoms with Crippen molar-refractivity contribution < 1.29 is 14.7 Å². The summed E-state index contributed by atoms with van der Waals surface area (Å²) in [4.78, 5) is 29.2. The molecule has 1 aliphatic rings. The summed E-state index contributed by atoms with van der Waals surface area (Å²) in [6.45, 7) is 3.57. The Morgan fingerprint density at radius 2 is 2.10 bits per heavy atom. The minimum atomic E-state index is -1.81. The van der Waals surface area contributed by atoms with E-state index in [1.54, 1.807) is 31.2 Å². The highest BCUT2D eigenvalue weighted by molar-refractivity contribution is 7.13. The lowest BCUT2D eigenvalue weighted by atomic mass is 9.89. The number of aliphatic hydroxyl groups is 1. The number of thiazole rings is 1. The van der Waals surface area contributed by atoms with Crippen molar-refractivity contribution in [3.05, 3.63) is 45.4 Å². The summed E-state index contributed by atoms with van der Waals surface area (Å²) in [5, 5.41) is 14.1. The quantitative estimate of drug-likeness (QED) is 0.852. The summed E-state index contributed by atoms with van der Waals surface area (Å²) < 4.78 is 0. The second-order valence-electron chi connectivity index (χ2n) is 5.11. The minimum Gasteiger partial charge on any atom is -0.375 e. The molecule has 3 rings (SSSR count). The number of hydrogen-bond donors (Lipinski definition) is 2. The van der Waals surface area contributed by atoms with Crippen LogP contribution in [0.4, 0.5) is 5.69 Å². The number of amides is 1. The number of aromatic nitrogens is 1. The third-order valence-corrected chi connectivity index (χ3v) is 4.68. The first-order valence-electron chi connectivity index (χ1n) is 6.52. The fraction of sp³-hybridized carbons (Fsp3) is 0.267. The highest BCUT2D eigenvalue weighted by Crippen LogP contribution is 2.39. The van der Waals surface area contributed by atoms with E-state index in [9.17, 15) is 14.7 Å². The van der Waals surface area contributed by atoms with E-state index >= 15 is 0 Å². The Balaban J connectivity index is 1.96. The lowest BCUT2D eigenvalue weighted by Crippen LogP contribution is -2.36. The van der Waals surface area contributed by atoms with Gasteiger partial charge in [0.2, 0.25) is 0 Å². The normalized spacial score (nSPS) is 20.2. The third kappa shape index (κ3) is 2.16. The van der Waals surface area contributed by atoms with Gasteiger partial charge in [-0.1, -0.05) is 18.2 Å². The van der Waals surface area contributed by atoms with Gasteiger partial charge in [-0.25, -0.2) is 4.98 Å². The molecule has 0 aliphatic carbocycles. The second kappa shape index (κ2) is 4.75. The van der Waals surface area contributed by atoms with Crippen LogP contribution in [0.25, 0.3) is 0 Å². The minimum absolute atomic E-state index is 0.271. The first-order chi connectivity index (χ1) is 9.91. The molecule has 0 bridgehead atoms. The largest absolute Gasteiger partial charge is 0.375 e. The van der Waals surface area contributed by atoms with Crippen molar-refractivity contribution in [2.24, 2.45) is 0 Å². The Labute approximate surface area is 125 Å². The maximum atomic E-state index is 12.4. The highest BCUT2D eigenvalue weighted by Gasteiger charge is 2.46. The number of nitrogens with zero attached hydrogens (tertiary/aromatic N) is 1. The first-order valence-corrected chi connectivity index (χ1v) is 7.34. The average Bonchev–Trinajstić information content (AvgIpc) is 2.89. The van der Waals surface area contributed by atoms with Gasteiger partial charge in [-0.05, 0) is 19.9 Å². The first kappa shape index (κ1) is 13.9. The number of rotatable bonds is 3. The molecule has 0 fully saturated rings. The van der Waals surface area contributed by atoms with Crippen molar-refractivity contribution >= 4 is 28.7 Å². The maximum Gasteiger partial charge on any atom is 0.261 e. The summed E-state index contributed by atoms with van der Waals surface area (Å²) in [6.07, 6.45) is -0.279. The molecule has 0 spiro atoms. The predicted molar refractivity (Wildman–Crippen MR) is 79.5 cm³/mol. The molecule has 1 aliphatic heterocycles. The molecule has 1 atom stereocenters. The molecule has 2 heterocycles. The molecule has 1 aromatic carbocycles. The maximum absolute atomic E-state index is 12.4. The van der Waals surface area contributed by atoms with Crippen molar-refractivity contribution in [1.82, 2.24) is 4.98 Å². The van der Waals surface area contributed by atoms with Crippen molar-refractivity contribution in [2.75, 3.05) is 5.32 Å². The van der Waals surface area contributed by atoms with Crippen LogP contribution < -0.4 is 5.32 Å². The number of carbonyl (C=O) groups is 2. The van der Waals surface area contributed by atoms with Crippen molar-refractivity contribution in [2.45, 2.75) is 25.9 Å². The molecule has 2 N–H and O–H groups in total. The number of carbonyl (C=O) groups excluding carboxylic acids is 2. The van der Waals surface area contributed by atoms with Gasteiger partial charge < -0.3 is 10.4 Å². The SMILES string of the molecule is Cc1nc(C)c(C(=O)C[C@@]2(O)C(=O)Nc3ccccc32)s1. The van der Waals surface area contributed by atoms with E-state index in [2.05, 4.69) is 10.3 Å². The van der Waals surface area contributed by atoms with Crippen LogP contribution in [-0.4, -0.2) is 21.8 Å². The van der Waals surface area contributed by atoms with Crippen LogP contribution in [0.15, 0.2) is 24.3 Å². The molecular formula is C15H14N2O3S. The van der Waals surface area contributed by atoms with E-state index in [4.69, 9.17) is 0 Å². The number of fused-ring (bicyclic) bond motifs is 1. The van der Waals surface area contributed by atoms with Crippen LogP contribution in [0, 0.1) is 13.8 Å². The van der Waals surface area contributed by atoms with E-state index in [1.165, 1.54) is 11.3 Å². The van der Waals surface area contributed by atoms with Gasteiger partial charge in [0.15, 0.2) is 11.4 Å². The van der Waals surface area contributed by atoms with Gasteiger partial charge >= 0.3 is 0 Å². The Kier molecular flexibility index (Phi) is 3.15. The number of benzene rings is 1. The molecule has 2 aromatic rings. The molecule has 0 saturated carbocycles. The molecule has 1 amide bonds. The van der Waals surface area contributed by atoms with Gasteiger partial charge in [0.1, 0.15) is 0 Å². The molecular weight excluding hydrogens is 288 g/mol. The van der Waals surface area contributed by atoms with Gasteiger partial charge in [-0.2, -0.15) is 0 Å². The zero-order valence-corrected chi connectivity index (χ0v) is 12.5. The zero-order valence-electron chi connectivity index (χ0n) is 11.6. The van der Waals surface area contributed by atoms with Gasteiger partial charge in [0.05, 0.1) is 22.0 Å². The van der Waals surface area contributed by atoms with Crippen LogP contribution >= 0.6 is 11.3 Å². The van der Waals surface area contributed by atoms with Crippen LogP contribution in [0.3, 0.4) is 0 Å². The lowest BCUT2D eigenvalue weighted by molar-refractivity contribution is -0.133. The van der Waals surface area contributed by atoms with Gasteiger partial charge in [0.25, 0.3) is 5.91 Å². The molecule has 0 radical (unpaired) electrons. The topological polar surface area (TPSA) is 79.3 Å². The van der Waals surface area contributed by atoms with E-state index in [1.807, 2.05) is 6.92 Å². The van der Waals surface area contributed by atoms with Crippen LogP contribution in [0.1, 0.15) is 32.4 Å². The van der Waals surface area contributed by atoms with Crippen molar-refractivity contribution in [1.29, 1.82) is 0 Å². The zero-order chi connectivity index (χ0) is 15.2. The van der Waals surface area contributed by atoms with Crippen molar-refractivity contribution in [3.8, 4) is 0 Å². The van der Waals surface area contributed by atoms with Crippen molar-refractivity contribution in [3.63, 3.8) is 0 Å². The Morgan fingerprint density at radius 3 is 2.76 bits per heavy atom. The number of hydrogen-bond acceptors (Lipinski definition) is 5. The summed E-state index contributed by atoms with van der Waals surface area (Å²) in [7, 11) is 0. The molecule has 0 saturated heterocycles. The van der Waals surface area contributed by atoms with E-state index in [0.717, 1.165) is 5.01 Å². The van der Waals surface area contributed by atoms with Crippen LogP contribution in [-0.2, 0) is 10.4 Å². The average molecular weight is 302 g/mol. The number of ketones is 1. The van der Waals surface area contributed by atoms with E-state index < -0.39 is 11.5 Å². The molecule has 6 heteroatoms. The number of Topliss-reactive ketones (excluding diaryl/α,β-unsaturated/α-hetero) is 1. The fourth-order valence-electron chi connectivity index (χ4n) is 2.58. The van der Waals surface area contributed by atoms with Gasteiger partial charge in [0, 0.05) is 11.3 Å². The molecule has 1 aromatic heterocycles. The highest BCUT2D eigenvalue weighted by atomic mass is 32.1. The Hall–Kier alpha value is -2.05. The summed E-state index contributed by atoms with van der Waals surface area (Å²) in [5.74, 6) is -0.830. The predicted octanol–water partition coefficient (Wildman–Crippen LogP) is 2.17. The summed E-state index contributed by atoms with van der Waals surface area (Å²) >= 11 is 1.28. The molecule has 5 nitrogen and oxygen atoms in total. The number of para-hydroxylation sites is 1. The third-order valence-electron chi connectivity index (χ3n) is 3.57. The second-order valence-corrected chi connectivity index (χ2v) is 6.31. The number of anilines is 1. The Bertz CT molecular complexity index is 753. The molecule has 108 valence electrons. The smallest absolute Gasteiger partial charge is 0.261 e.